The van der Waals surface area contributed by atoms with E-state index in [1.807, 2.05) is 0 Å². The molecular formula is C12H16ClNO3S. The first-order valence-electron chi connectivity index (χ1n) is 5.68. The lowest BCUT2D eigenvalue weighted by Gasteiger charge is -2.06. The van der Waals surface area contributed by atoms with Gasteiger partial charge in [-0.2, -0.15) is 0 Å². The van der Waals surface area contributed by atoms with Crippen LogP contribution in [0, 0.1) is 0 Å². The molecule has 0 aliphatic carbocycles. The van der Waals surface area contributed by atoms with Crippen LogP contribution < -0.4 is 5.32 Å². The maximum absolute atomic E-state index is 11.6. The molecule has 1 aromatic rings. The van der Waals surface area contributed by atoms with Crippen LogP contribution in [-0.4, -0.2) is 26.0 Å². The molecule has 0 unspecified atom stereocenters. The summed E-state index contributed by atoms with van der Waals surface area (Å²) in [5, 5.41) is 2.68. The predicted octanol–water partition coefficient (Wildman–Crippen LogP) is 2.44. The molecule has 0 fully saturated rings. The van der Waals surface area contributed by atoms with Crippen LogP contribution in [0.2, 0.25) is 0 Å². The number of hydrogen-bond donors (Lipinski definition) is 1. The smallest absolute Gasteiger partial charge is 0.224 e. The molecule has 6 heteroatoms. The molecule has 1 amide bonds. The number of halogens is 1. The van der Waals surface area contributed by atoms with E-state index < -0.39 is 9.84 Å². The Balaban J connectivity index is 2.69. The van der Waals surface area contributed by atoms with Gasteiger partial charge in [0.2, 0.25) is 5.91 Å². The van der Waals surface area contributed by atoms with Crippen molar-refractivity contribution in [1.29, 1.82) is 0 Å². The number of amides is 1. The van der Waals surface area contributed by atoms with Crippen molar-refractivity contribution in [3.8, 4) is 0 Å². The van der Waals surface area contributed by atoms with E-state index in [1.165, 1.54) is 12.1 Å². The van der Waals surface area contributed by atoms with Crippen molar-refractivity contribution < 1.29 is 13.2 Å². The normalized spacial score (nSPS) is 11.2. The Bertz CT molecular complexity index is 497. The molecule has 0 heterocycles. The summed E-state index contributed by atoms with van der Waals surface area (Å²) in [4.78, 5) is 11.7. The van der Waals surface area contributed by atoms with E-state index in [1.54, 1.807) is 19.1 Å². The topological polar surface area (TPSA) is 63.2 Å². The van der Waals surface area contributed by atoms with Gasteiger partial charge in [0.05, 0.1) is 10.6 Å². The summed E-state index contributed by atoms with van der Waals surface area (Å²) >= 11 is 5.49. The van der Waals surface area contributed by atoms with Gasteiger partial charge in [-0.25, -0.2) is 8.42 Å². The summed E-state index contributed by atoms with van der Waals surface area (Å²) in [6.07, 6.45) is 0.980. The number of sulfone groups is 1. The minimum atomic E-state index is -3.19. The second-order valence-electron chi connectivity index (χ2n) is 3.77. The first-order valence-corrected chi connectivity index (χ1v) is 7.87. The average molecular weight is 290 g/mol. The van der Waals surface area contributed by atoms with Crippen molar-refractivity contribution in [1.82, 2.24) is 0 Å². The Morgan fingerprint density at radius 1 is 1.28 bits per heavy atom. The third-order valence-electron chi connectivity index (χ3n) is 2.41. The van der Waals surface area contributed by atoms with E-state index in [4.69, 9.17) is 11.6 Å². The minimum absolute atomic E-state index is 0.0639. The molecule has 0 aliphatic heterocycles. The Kier molecular flexibility index (Phi) is 5.62. The quantitative estimate of drug-likeness (QED) is 0.818. The van der Waals surface area contributed by atoms with E-state index >= 15 is 0 Å². The molecule has 0 bridgehead atoms. The fourth-order valence-electron chi connectivity index (χ4n) is 1.36. The molecule has 0 radical (unpaired) electrons. The highest BCUT2D eigenvalue weighted by molar-refractivity contribution is 7.91. The number of carbonyl (C=O) groups excluding carboxylic acids is 1. The second-order valence-corrected chi connectivity index (χ2v) is 6.42. The molecule has 0 aromatic heterocycles. The van der Waals surface area contributed by atoms with E-state index in [-0.39, 0.29) is 16.6 Å². The van der Waals surface area contributed by atoms with Gasteiger partial charge < -0.3 is 5.32 Å². The maximum Gasteiger partial charge on any atom is 0.224 e. The standard InChI is InChI=1S/C12H16ClNO3S/c1-2-18(16,17)11-7-5-10(6-8-11)14-12(15)4-3-9-13/h5-8H,2-4,9H2,1H3,(H,14,15). The number of nitrogens with one attached hydrogen (secondary N) is 1. The number of anilines is 1. The molecule has 0 saturated carbocycles. The van der Waals surface area contributed by atoms with Crippen molar-refractivity contribution in [2.24, 2.45) is 0 Å². The fourth-order valence-corrected chi connectivity index (χ4v) is 2.38. The number of hydrogen-bond acceptors (Lipinski definition) is 3. The Morgan fingerprint density at radius 3 is 2.39 bits per heavy atom. The fraction of sp³-hybridized carbons (Fsp3) is 0.417. The highest BCUT2D eigenvalue weighted by Gasteiger charge is 2.11. The van der Waals surface area contributed by atoms with E-state index in [0.717, 1.165) is 0 Å². The lowest BCUT2D eigenvalue weighted by atomic mass is 10.3. The summed E-state index contributed by atoms with van der Waals surface area (Å²) in [6.45, 7) is 1.59. The van der Waals surface area contributed by atoms with E-state index in [0.29, 0.717) is 24.4 Å². The van der Waals surface area contributed by atoms with Crippen LogP contribution in [0.1, 0.15) is 19.8 Å². The first kappa shape index (κ1) is 15.0. The third-order valence-corrected chi connectivity index (χ3v) is 4.43. The Morgan fingerprint density at radius 2 is 1.89 bits per heavy atom. The van der Waals surface area contributed by atoms with Crippen LogP contribution in [0.25, 0.3) is 0 Å². The zero-order valence-electron chi connectivity index (χ0n) is 10.1. The first-order chi connectivity index (χ1) is 8.49. The van der Waals surface area contributed by atoms with Crippen LogP contribution >= 0.6 is 11.6 Å². The molecule has 0 aliphatic rings. The minimum Gasteiger partial charge on any atom is -0.326 e. The Labute approximate surface area is 112 Å². The van der Waals surface area contributed by atoms with Crippen molar-refractivity contribution >= 4 is 33.0 Å². The van der Waals surface area contributed by atoms with Crippen molar-refractivity contribution in [2.45, 2.75) is 24.7 Å². The predicted molar refractivity (Wildman–Crippen MR) is 72.8 cm³/mol. The van der Waals surface area contributed by atoms with Gasteiger partial charge in [-0.15, -0.1) is 11.6 Å². The molecular weight excluding hydrogens is 274 g/mol. The van der Waals surface area contributed by atoms with Gasteiger partial charge in [0.15, 0.2) is 9.84 Å². The van der Waals surface area contributed by atoms with Crippen LogP contribution in [-0.2, 0) is 14.6 Å². The molecule has 0 saturated heterocycles. The van der Waals surface area contributed by atoms with Crippen molar-refractivity contribution in [3.63, 3.8) is 0 Å². The van der Waals surface area contributed by atoms with Gasteiger partial charge in [0, 0.05) is 18.0 Å². The third kappa shape index (κ3) is 4.31. The SMILES string of the molecule is CCS(=O)(=O)c1ccc(NC(=O)CCCCl)cc1. The number of carbonyl (C=O) groups is 1. The van der Waals surface area contributed by atoms with Gasteiger partial charge in [-0.3, -0.25) is 4.79 Å². The van der Waals surface area contributed by atoms with Gasteiger partial charge in [-0.1, -0.05) is 6.92 Å². The number of rotatable bonds is 6. The molecule has 4 nitrogen and oxygen atoms in total. The average Bonchev–Trinajstić information content (AvgIpc) is 2.37. The second kappa shape index (κ2) is 6.75. The van der Waals surface area contributed by atoms with Crippen LogP contribution in [0.5, 0.6) is 0 Å². The zero-order chi connectivity index (χ0) is 13.6. The summed E-state index contributed by atoms with van der Waals surface area (Å²) in [5.41, 5.74) is 0.588. The van der Waals surface area contributed by atoms with Crippen LogP contribution in [0.15, 0.2) is 29.2 Å². The maximum atomic E-state index is 11.6. The highest BCUT2D eigenvalue weighted by Crippen LogP contribution is 2.15. The monoisotopic (exact) mass is 289 g/mol. The van der Waals surface area contributed by atoms with E-state index in [9.17, 15) is 13.2 Å². The van der Waals surface area contributed by atoms with E-state index in [2.05, 4.69) is 5.32 Å². The van der Waals surface area contributed by atoms with Crippen LogP contribution in [0.3, 0.4) is 0 Å². The van der Waals surface area contributed by atoms with Gasteiger partial charge in [0.1, 0.15) is 0 Å². The molecule has 0 atom stereocenters. The van der Waals surface area contributed by atoms with Gasteiger partial charge >= 0.3 is 0 Å². The lowest BCUT2D eigenvalue weighted by molar-refractivity contribution is -0.116. The molecule has 1 N–H and O–H groups in total. The summed E-state index contributed by atoms with van der Waals surface area (Å²) in [6, 6.07) is 6.16. The summed E-state index contributed by atoms with van der Waals surface area (Å²) < 4.78 is 23.1. The summed E-state index contributed by atoms with van der Waals surface area (Å²) in [7, 11) is -3.19. The number of alkyl halides is 1. The molecule has 18 heavy (non-hydrogen) atoms. The van der Waals surface area contributed by atoms with Crippen LogP contribution in [0.4, 0.5) is 5.69 Å². The van der Waals surface area contributed by atoms with Gasteiger partial charge in [-0.05, 0) is 30.7 Å². The van der Waals surface area contributed by atoms with Crippen molar-refractivity contribution in [2.75, 3.05) is 16.9 Å². The lowest BCUT2D eigenvalue weighted by Crippen LogP contribution is -2.11. The largest absolute Gasteiger partial charge is 0.326 e. The van der Waals surface area contributed by atoms with Crippen molar-refractivity contribution in [3.05, 3.63) is 24.3 Å². The molecule has 1 aromatic carbocycles. The number of benzene rings is 1. The van der Waals surface area contributed by atoms with Gasteiger partial charge in [0.25, 0.3) is 0 Å². The zero-order valence-corrected chi connectivity index (χ0v) is 11.7. The highest BCUT2D eigenvalue weighted by atomic mass is 35.5. The molecule has 1 rings (SSSR count). The summed E-state index contributed by atoms with van der Waals surface area (Å²) in [5.74, 6) is 0.386. The molecule has 0 spiro atoms. The molecule has 100 valence electrons. The Hall–Kier alpha value is -1.07.